The Hall–Kier alpha value is -3.77. The Bertz CT molecular complexity index is 1400. The summed E-state index contributed by atoms with van der Waals surface area (Å²) in [5.74, 6) is 0.674. The number of carbonyl (C=O) groups excluding carboxylic acids is 1. The molecular formula is C27H26ClN3O3. The second-order valence-electron chi connectivity index (χ2n) is 8.24. The molecule has 0 fully saturated rings. The van der Waals surface area contributed by atoms with Crippen molar-refractivity contribution in [1.82, 2.24) is 9.88 Å². The second kappa shape index (κ2) is 10.0. The highest BCUT2D eigenvalue weighted by molar-refractivity contribution is 6.31. The first-order valence-electron chi connectivity index (χ1n) is 11.0. The highest BCUT2D eigenvalue weighted by atomic mass is 35.5. The fraction of sp³-hybridized carbons (Fsp3) is 0.185. The van der Waals surface area contributed by atoms with E-state index in [9.17, 15) is 9.59 Å². The number of amides is 2. The number of nitrogens with one attached hydrogen (secondary N) is 2. The number of anilines is 1. The Morgan fingerprint density at radius 1 is 1.00 bits per heavy atom. The number of rotatable bonds is 6. The summed E-state index contributed by atoms with van der Waals surface area (Å²) < 4.78 is 7.27. The Labute approximate surface area is 203 Å². The van der Waals surface area contributed by atoms with Gasteiger partial charge in [0.1, 0.15) is 5.75 Å². The van der Waals surface area contributed by atoms with Gasteiger partial charge in [-0.1, -0.05) is 48.0 Å². The van der Waals surface area contributed by atoms with E-state index in [2.05, 4.69) is 10.6 Å². The molecule has 0 saturated carbocycles. The van der Waals surface area contributed by atoms with Gasteiger partial charge in [0, 0.05) is 40.5 Å². The Morgan fingerprint density at radius 3 is 2.50 bits per heavy atom. The number of carbonyl (C=O) groups is 1. The van der Waals surface area contributed by atoms with Gasteiger partial charge in [0.05, 0.1) is 12.6 Å². The lowest BCUT2D eigenvalue weighted by Gasteiger charge is -2.18. The molecule has 0 bridgehead atoms. The van der Waals surface area contributed by atoms with Gasteiger partial charge in [0.2, 0.25) is 0 Å². The van der Waals surface area contributed by atoms with Crippen LogP contribution in [-0.2, 0) is 13.6 Å². The van der Waals surface area contributed by atoms with Crippen molar-refractivity contribution in [2.75, 3.05) is 5.32 Å². The van der Waals surface area contributed by atoms with Crippen LogP contribution in [-0.4, -0.2) is 16.7 Å². The van der Waals surface area contributed by atoms with E-state index in [-0.39, 0.29) is 24.2 Å². The van der Waals surface area contributed by atoms with Crippen LogP contribution < -0.4 is 20.9 Å². The third-order valence-corrected chi connectivity index (χ3v) is 5.66. The number of ether oxygens (including phenoxy) is 1. The van der Waals surface area contributed by atoms with Crippen LogP contribution in [0.15, 0.2) is 77.6 Å². The fourth-order valence-electron chi connectivity index (χ4n) is 3.93. The van der Waals surface area contributed by atoms with Gasteiger partial charge in [0.15, 0.2) is 0 Å². The van der Waals surface area contributed by atoms with Crippen LogP contribution >= 0.6 is 11.6 Å². The predicted molar refractivity (Wildman–Crippen MR) is 138 cm³/mol. The van der Waals surface area contributed by atoms with Crippen LogP contribution in [0.3, 0.4) is 0 Å². The number of hydrogen-bond acceptors (Lipinski definition) is 3. The minimum Gasteiger partial charge on any atom is -0.491 e. The van der Waals surface area contributed by atoms with E-state index < -0.39 is 0 Å². The van der Waals surface area contributed by atoms with Crippen LogP contribution in [0.5, 0.6) is 5.75 Å². The molecule has 0 saturated heterocycles. The van der Waals surface area contributed by atoms with E-state index >= 15 is 0 Å². The predicted octanol–water partition coefficient (Wildman–Crippen LogP) is 5.97. The molecule has 1 heterocycles. The van der Waals surface area contributed by atoms with Crippen LogP contribution in [0.1, 0.15) is 19.5 Å². The van der Waals surface area contributed by atoms with Gasteiger partial charge in [-0.15, -0.1) is 0 Å². The number of nitrogens with zero attached hydrogens (tertiary/aromatic N) is 1. The van der Waals surface area contributed by atoms with Crippen molar-refractivity contribution in [2.24, 2.45) is 7.05 Å². The molecular weight excluding hydrogens is 450 g/mol. The van der Waals surface area contributed by atoms with Gasteiger partial charge in [-0.2, -0.15) is 0 Å². The molecule has 0 aliphatic heterocycles. The molecule has 2 amide bonds. The van der Waals surface area contributed by atoms with Gasteiger partial charge in [-0.05, 0) is 55.1 Å². The molecule has 1 aromatic heterocycles. The van der Waals surface area contributed by atoms with Crippen LogP contribution in [0.2, 0.25) is 5.02 Å². The molecule has 0 atom stereocenters. The first kappa shape index (κ1) is 23.4. The van der Waals surface area contributed by atoms with Crippen molar-refractivity contribution in [3.05, 3.63) is 93.9 Å². The van der Waals surface area contributed by atoms with E-state index in [0.29, 0.717) is 27.5 Å². The molecule has 2 N–H and O–H groups in total. The molecule has 4 aromatic rings. The summed E-state index contributed by atoms with van der Waals surface area (Å²) in [6.45, 7) is 4.03. The van der Waals surface area contributed by atoms with E-state index in [1.54, 1.807) is 41.9 Å². The molecule has 3 aromatic carbocycles. The number of hydrogen-bond donors (Lipinski definition) is 2. The molecule has 0 unspecified atom stereocenters. The van der Waals surface area contributed by atoms with Crippen LogP contribution in [0.25, 0.3) is 21.9 Å². The second-order valence-corrected chi connectivity index (χ2v) is 8.68. The van der Waals surface area contributed by atoms with Crippen molar-refractivity contribution in [2.45, 2.75) is 26.5 Å². The zero-order chi connectivity index (χ0) is 24.2. The topological polar surface area (TPSA) is 72.4 Å². The lowest BCUT2D eigenvalue weighted by molar-refractivity contribution is 0.242. The number of fused-ring (bicyclic) bond motifs is 1. The Balaban J connectivity index is 1.66. The van der Waals surface area contributed by atoms with Gasteiger partial charge < -0.3 is 19.9 Å². The Morgan fingerprint density at radius 2 is 1.76 bits per heavy atom. The van der Waals surface area contributed by atoms with Crippen molar-refractivity contribution in [3.63, 3.8) is 0 Å². The monoisotopic (exact) mass is 475 g/mol. The quantitative estimate of drug-likeness (QED) is 0.361. The zero-order valence-corrected chi connectivity index (χ0v) is 20.0. The first-order valence-corrected chi connectivity index (χ1v) is 11.4. The molecule has 174 valence electrons. The summed E-state index contributed by atoms with van der Waals surface area (Å²) in [5.41, 5.74) is 2.92. The number of urea groups is 1. The van der Waals surface area contributed by atoms with Crippen molar-refractivity contribution in [1.29, 1.82) is 0 Å². The first-order chi connectivity index (χ1) is 16.3. The third-order valence-electron chi connectivity index (χ3n) is 5.42. The average molecular weight is 476 g/mol. The maximum atomic E-state index is 13.1. The normalized spacial score (nSPS) is 11.0. The molecule has 0 radical (unpaired) electrons. The minimum absolute atomic E-state index is 0.0307. The zero-order valence-electron chi connectivity index (χ0n) is 19.3. The highest BCUT2D eigenvalue weighted by Crippen LogP contribution is 2.32. The molecule has 34 heavy (non-hydrogen) atoms. The smallest absolute Gasteiger partial charge is 0.319 e. The minimum atomic E-state index is -0.389. The highest BCUT2D eigenvalue weighted by Gasteiger charge is 2.17. The molecule has 4 rings (SSSR count). The summed E-state index contributed by atoms with van der Waals surface area (Å²) >= 11 is 6.29. The molecule has 7 heteroatoms. The fourth-order valence-corrected chi connectivity index (χ4v) is 4.10. The van der Waals surface area contributed by atoms with Gasteiger partial charge >= 0.3 is 6.03 Å². The largest absolute Gasteiger partial charge is 0.491 e. The summed E-state index contributed by atoms with van der Waals surface area (Å²) in [4.78, 5) is 25.8. The molecule has 0 aliphatic carbocycles. The van der Waals surface area contributed by atoms with Crippen molar-refractivity contribution >= 4 is 34.1 Å². The SMILES string of the molecule is CC(C)Oc1cccc(NC(=O)NCc2c(-c3ccccc3)c3cc(Cl)ccc3c(=O)n2C)c1. The van der Waals surface area contributed by atoms with Gasteiger partial charge in [-0.25, -0.2) is 4.79 Å². The number of benzene rings is 3. The Kier molecular flexibility index (Phi) is 6.89. The van der Waals surface area contributed by atoms with Gasteiger partial charge in [0.25, 0.3) is 5.56 Å². The van der Waals surface area contributed by atoms with Crippen molar-refractivity contribution < 1.29 is 9.53 Å². The van der Waals surface area contributed by atoms with E-state index in [0.717, 1.165) is 16.5 Å². The maximum absolute atomic E-state index is 13.1. The molecule has 6 nitrogen and oxygen atoms in total. The van der Waals surface area contributed by atoms with E-state index in [4.69, 9.17) is 16.3 Å². The standard InChI is InChI=1S/C27H26ClN3O3/c1-17(2)34-21-11-7-10-20(15-21)30-27(33)29-16-24-25(18-8-5-4-6-9-18)23-14-19(28)12-13-22(23)26(32)31(24)3/h4-15,17H,16H2,1-3H3,(H2,29,30,33). The maximum Gasteiger partial charge on any atom is 0.319 e. The number of pyridine rings is 1. The number of aromatic nitrogens is 1. The third kappa shape index (κ3) is 5.07. The lowest BCUT2D eigenvalue weighted by atomic mass is 9.96. The van der Waals surface area contributed by atoms with Crippen molar-refractivity contribution in [3.8, 4) is 16.9 Å². The molecule has 0 aliphatic rings. The number of halogens is 1. The summed E-state index contributed by atoms with van der Waals surface area (Å²) in [7, 11) is 1.71. The van der Waals surface area contributed by atoms with E-state index in [1.807, 2.05) is 56.3 Å². The molecule has 0 spiro atoms. The average Bonchev–Trinajstić information content (AvgIpc) is 2.80. The summed E-state index contributed by atoms with van der Waals surface area (Å²) in [6, 6.07) is 21.8. The summed E-state index contributed by atoms with van der Waals surface area (Å²) in [5, 5.41) is 7.57. The van der Waals surface area contributed by atoms with Crippen LogP contribution in [0, 0.1) is 0 Å². The van der Waals surface area contributed by atoms with Crippen LogP contribution in [0.4, 0.5) is 10.5 Å². The summed E-state index contributed by atoms with van der Waals surface area (Å²) in [6.07, 6.45) is 0.0307. The van der Waals surface area contributed by atoms with Gasteiger partial charge in [-0.3, -0.25) is 4.79 Å². The lowest BCUT2D eigenvalue weighted by Crippen LogP contribution is -2.32. The van der Waals surface area contributed by atoms with E-state index in [1.165, 1.54) is 0 Å².